The number of aromatic nitrogens is 1. The molecule has 0 aliphatic rings. The van der Waals surface area contributed by atoms with Gasteiger partial charge in [0, 0.05) is 22.7 Å². The molecule has 0 saturated heterocycles. The van der Waals surface area contributed by atoms with Gasteiger partial charge in [-0.05, 0) is 38.5 Å². The first-order chi connectivity index (χ1) is 11.4. The second kappa shape index (κ2) is 6.17. The second-order valence-electron chi connectivity index (χ2n) is 6.41. The van der Waals surface area contributed by atoms with Crippen LogP contribution in [0.2, 0.25) is 0 Å². The summed E-state index contributed by atoms with van der Waals surface area (Å²) in [5.74, 6) is 1.29. The number of aliphatic hydroxyl groups is 1. The number of hydrogen-bond donors (Lipinski definition) is 3. The highest BCUT2D eigenvalue weighted by atomic mass is 16.3. The van der Waals surface area contributed by atoms with E-state index < -0.39 is 5.60 Å². The molecule has 1 unspecified atom stereocenters. The van der Waals surface area contributed by atoms with Gasteiger partial charge >= 0.3 is 0 Å². The van der Waals surface area contributed by atoms with Gasteiger partial charge in [0.1, 0.15) is 17.1 Å². The molecule has 0 fully saturated rings. The van der Waals surface area contributed by atoms with Crippen LogP contribution in [-0.2, 0) is 16.8 Å². The molecule has 5 heteroatoms. The number of hydrogen-bond acceptors (Lipinski definition) is 3. The summed E-state index contributed by atoms with van der Waals surface area (Å²) in [6.07, 6.45) is 2.12. The van der Waals surface area contributed by atoms with Crippen LogP contribution in [-0.4, -0.2) is 22.5 Å². The van der Waals surface area contributed by atoms with Crippen molar-refractivity contribution in [2.75, 3.05) is 6.54 Å². The van der Waals surface area contributed by atoms with Gasteiger partial charge in [0.15, 0.2) is 0 Å². The minimum absolute atomic E-state index is 0.127. The van der Waals surface area contributed by atoms with E-state index in [1.54, 1.807) is 13.0 Å². The van der Waals surface area contributed by atoms with Gasteiger partial charge in [0.25, 0.3) is 0 Å². The molecule has 126 valence electrons. The summed E-state index contributed by atoms with van der Waals surface area (Å²) in [7, 11) is 0. The molecule has 5 nitrogen and oxygen atoms in total. The summed E-state index contributed by atoms with van der Waals surface area (Å²) in [6.45, 7) is 5.46. The third-order valence-corrected chi connectivity index (χ3v) is 4.28. The number of fused-ring (bicyclic) bond motifs is 1. The van der Waals surface area contributed by atoms with Crippen molar-refractivity contribution < 1.29 is 14.3 Å². The lowest BCUT2D eigenvalue weighted by atomic mass is 9.96. The largest absolute Gasteiger partial charge is 0.466 e. The van der Waals surface area contributed by atoms with Gasteiger partial charge in [-0.3, -0.25) is 4.79 Å². The molecule has 0 bridgehead atoms. The van der Waals surface area contributed by atoms with Crippen molar-refractivity contribution in [1.29, 1.82) is 0 Å². The zero-order valence-electron chi connectivity index (χ0n) is 14.1. The molecule has 3 aromatic rings. The van der Waals surface area contributed by atoms with E-state index in [2.05, 4.69) is 10.3 Å². The lowest BCUT2D eigenvalue weighted by molar-refractivity contribution is -0.121. The predicted molar refractivity (Wildman–Crippen MR) is 92.8 cm³/mol. The maximum Gasteiger partial charge on any atom is 0.224 e. The number of carbonyl (C=O) groups excluding carboxylic acids is 1. The first-order valence-corrected chi connectivity index (χ1v) is 7.98. The van der Waals surface area contributed by atoms with Crippen LogP contribution in [0.15, 0.2) is 40.9 Å². The zero-order valence-corrected chi connectivity index (χ0v) is 14.1. The minimum atomic E-state index is -1.17. The highest BCUT2D eigenvalue weighted by Gasteiger charge is 2.28. The van der Waals surface area contributed by atoms with Gasteiger partial charge in [-0.2, -0.15) is 0 Å². The van der Waals surface area contributed by atoms with Gasteiger partial charge in [-0.25, -0.2) is 0 Å². The van der Waals surface area contributed by atoms with Crippen molar-refractivity contribution in [2.24, 2.45) is 0 Å². The van der Waals surface area contributed by atoms with E-state index in [1.165, 1.54) is 0 Å². The Bertz CT molecular complexity index is 874. The Kier molecular flexibility index (Phi) is 4.20. The monoisotopic (exact) mass is 326 g/mol. The van der Waals surface area contributed by atoms with E-state index in [0.29, 0.717) is 11.3 Å². The van der Waals surface area contributed by atoms with E-state index in [9.17, 15) is 9.90 Å². The van der Waals surface area contributed by atoms with Crippen molar-refractivity contribution in [3.8, 4) is 0 Å². The van der Waals surface area contributed by atoms with Crippen LogP contribution in [0.25, 0.3) is 10.9 Å². The number of benzene rings is 1. The maximum atomic E-state index is 12.3. The summed E-state index contributed by atoms with van der Waals surface area (Å²) in [6, 6.07) is 9.68. The topological polar surface area (TPSA) is 78.3 Å². The third kappa shape index (κ3) is 3.21. The molecule has 1 atom stereocenters. The number of amides is 1. The number of carbonyl (C=O) groups is 1. The first-order valence-electron chi connectivity index (χ1n) is 7.98. The Morgan fingerprint density at radius 3 is 2.79 bits per heavy atom. The number of nitrogens with one attached hydrogen (secondary N) is 2. The number of aryl methyl sites for hydroxylation is 2. The van der Waals surface area contributed by atoms with E-state index in [1.807, 2.05) is 44.3 Å². The van der Waals surface area contributed by atoms with Crippen molar-refractivity contribution in [3.05, 3.63) is 59.2 Å². The van der Waals surface area contributed by atoms with E-state index >= 15 is 0 Å². The van der Waals surface area contributed by atoms with Gasteiger partial charge < -0.3 is 19.8 Å². The fourth-order valence-electron chi connectivity index (χ4n) is 3.04. The lowest BCUT2D eigenvalue weighted by Gasteiger charge is -2.23. The van der Waals surface area contributed by atoms with Crippen LogP contribution >= 0.6 is 0 Å². The standard InChI is InChI=1S/C19H22N2O3/c1-12-8-16(13(2)24-12)19(3,23)11-21-18(22)9-14-10-20-17-7-5-4-6-15(14)17/h4-8,10,20,23H,9,11H2,1-3H3,(H,21,22). The summed E-state index contributed by atoms with van der Waals surface area (Å²) >= 11 is 0. The van der Waals surface area contributed by atoms with E-state index in [-0.39, 0.29) is 18.9 Å². The van der Waals surface area contributed by atoms with Crippen LogP contribution in [0.1, 0.15) is 29.6 Å². The number of furan rings is 1. The molecule has 2 aromatic heterocycles. The molecule has 1 amide bonds. The Morgan fingerprint density at radius 1 is 1.33 bits per heavy atom. The fraction of sp³-hybridized carbons (Fsp3) is 0.316. The van der Waals surface area contributed by atoms with Crippen LogP contribution < -0.4 is 5.32 Å². The highest BCUT2D eigenvalue weighted by Crippen LogP contribution is 2.26. The quantitative estimate of drug-likeness (QED) is 0.674. The van der Waals surface area contributed by atoms with Crippen LogP contribution in [0, 0.1) is 13.8 Å². The maximum absolute atomic E-state index is 12.3. The number of rotatable bonds is 5. The van der Waals surface area contributed by atoms with Crippen molar-refractivity contribution >= 4 is 16.8 Å². The summed E-state index contributed by atoms with van der Waals surface area (Å²) < 4.78 is 5.46. The fourth-order valence-corrected chi connectivity index (χ4v) is 3.04. The van der Waals surface area contributed by atoms with Crippen molar-refractivity contribution in [3.63, 3.8) is 0 Å². The van der Waals surface area contributed by atoms with E-state index in [0.717, 1.165) is 22.2 Å². The molecule has 0 spiro atoms. The van der Waals surface area contributed by atoms with Crippen LogP contribution in [0.3, 0.4) is 0 Å². The SMILES string of the molecule is Cc1cc(C(C)(O)CNC(=O)Cc2c[nH]c3ccccc23)c(C)o1. The number of para-hydroxylation sites is 1. The molecule has 0 aliphatic carbocycles. The van der Waals surface area contributed by atoms with Gasteiger partial charge in [0.2, 0.25) is 5.91 Å². The highest BCUT2D eigenvalue weighted by molar-refractivity contribution is 5.88. The molecular formula is C19H22N2O3. The molecule has 0 saturated carbocycles. The van der Waals surface area contributed by atoms with Gasteiger partial charge in [0.05, 0.1) is 13.0 Å². The third-order valence-electron chi connectivity index (χ3n) is 4.28. The second-order valence-corrected chi connectivity index (χ2v) is 6.41. The molecule has 1 aromatic carbocycles. The number of H-pyrrole nitrogens is 1. The van der Waals surface area contributed by atoms with Gasteiger partial charge in [-0.15, -0.1) is 0 Å². The van der Waals surface area contributed by atoms with Crippen molar-refractivity contribution in [1.82, 2.24) is 10.3 Å². The average Bonchev–Trinajstić information content (AvgIpc) is 3.09. The zero-order chi connectivity index (χ0) is 17.3. The molecule has 0 aliphatic heterocycles. The van der Waals surface area contributed by atoms with Gasteiger partial charge in [-0.1, -0.05) is 18.2 Å². The Balaban J connectivity index is 1.66. The van der Waals surface area contributed by atoms with Crippen LogP contribution in [0.4, 0.5) is 0 Å². The lowest BCUT2D eigenvalue weighted by Crippen LogP contribution is -2.39. The normalized spacial score (nSPS) is 13.8. The predicted octanol–water partition coefficient (Wildman–Crippen LogP) is 2.94. The molecule has 0 radical (unpaired) electrons. The Labute approximate surface area is 140 Å². The Morgan fingerprint density at radius 2 is 2.08 bits per heavy atom. The summed E-state index contributed by atoms with van der Waals surface area (Å²) in [4.78, 5) is 15.4. The minimum Gasteiger partial charge on any atom is -0.466 e. The molecule has 3 N–H and O–H groups in total. The summed E-state index contributed by atoms with van der Waals surface area (Å²) in [5.41, 5.74) is 1.49. The molecule has 2 heterocycles. The molecule has 24 heavy (non-hydrogen) atoms. The smallest absolute Gasteiger partial charge is 0.224 e. The van der Waals surface area contributed by atoms with Crippen molar-refractivity contribution in [2.45, 2.75) is 32.8 Å². The van der Waals surface area contributed by atoms with Crippen LogP contribution in [0.5, 0.6) is 0 Å². The summed E-state index contributed by atoms with van der Waals surface area (Å²) in [5, 5.41) is 14.5. The van der Waals surface area contributed by atoms with E-state index in [4.69, 9.17) is 4.42 Å². The molecule has 3 rings (SSSR count). The first kappa shape index (κ1) is 16.3. The molecular weight excluding hydrogens is 304 g/mol. The average molecular weight is 326 g/mol. The number of aromatic amines is 1. The Hall–Kier alpha value is -2.53.